The van der Waals surface area contributed by atoms with Crippen molar-refractivity contribution in [2.24, 2.45) is 0 Å². The number of anilines is 1. The van der Waals surface area contributed by atoms with E-state index in [-0.39, 0.29) is 12.4 Å². The summed E-state index contributed by atoms with van der Waals surface area (Å²) in [5.41, 5.74) is 10.5. The third-order valence-corrected chi connectivity index (χ3v) is 3.42. The zero-order valence-corrected chi connectivity index (χ0v) is 12.2. The minimum absolute atomic E-state index is 0. The van der Waals surface area contributed by atoms with Gasteiger partial charge in [0, 0.05) is 10.9 Å². The molecule has 1 aromatic heterocycles. The van der Waals surface area contributed by atoms with Crippen molar-refractivity contribution < 1.29 is 0 Å². The van der Waals surface area contributed by atoms with Crippen molar-refractivity contribution in [3.05, 3.63) is 60.2 Å². The van der Waals surface area contributed by atoms with E-state index in [1.54, 1.807) is 0 Å². The van der Waals surface area contributed by atoms with E-state index in [1.807, 2.05) is 18.2 Å². The molecule has 0 aliphatic heterocycles. The molecule has 0 aliphatic rings. The van der Waals surface area contributed by atoms with Crippen LogP contribution in [0.5, 0.6) is 0 Å². The van der Waals surface area contributed by atoms with E-state index in [4.69, 9.17) is 5.73 Å². The lowest BCUT2D eigenvalue weighted by Gasteiger charge is -2.09. The molecule has 0 saturated heterocycles. The summed E-state index contributed by atoms with van der Waals surface area (Å²) < 4.78 is 0. The Bertz CT molecular complexity index is 724. The minimum Gasteiger partial charge on any atom is -0.383 e. The van der Waals surface area contributed by atoms with Gasteiger partial charge in [0.1, 0.15) is 5.82 Å². The summed E-state index contributed by atoms with van der Waals surface area (Å²) in [6.45, 7) is 2.14. The zero-order valence-electron chi connectivity index (χ0n) is 11.3. The molecule has 3 aromatic rings. The molecule has 2 aromatic carbocycles. The Labute approximate surface area is 125 Å². The summed E-state index contributed by atoms with van der Waals surface area (Å²) in [5, 5.41) is 1.15. The van der Waals surface area contributed by atoms with Gasteiger partial charge in [-0.05, 0) is 23.6 Å². The highest BCUT2D eigenvalue weighted by molar-refractivity contribution is 5.90. The summed E-state index contributed by atoms with van der Waals surface area (Å²) in [7, 11) is 0. The second-order valence-corrected chi connectivity index (χ2v) is 4.63. The molecule has 0 fully saturated rings. The number of nitrogen functional groups attached to an aromatic ring is 1. The smallest absolute Gasteiger partial charge is 0.132 e. The molecule has 0 atom stereocenters. The molecule has 3 rings (SSSR count). The number of nitrogens with two attached hydrogens (primary N) is 1. The monoisotopic (exact) mass is 284 g/mol. The number of fused-ring (bicyclic) bond motifs is 1. The van der Waals surface area contributed by atoms with E-state index in [9.17, 15) is 0 Å². The molecule has 0 saturated carbocycles. The van der Waals surface area contributed by atoms with Crippen LogP contribution in [0, 0.1) is 0 Å². The maximum absolute atomic E-state index is 6.13. The molecule has 2 N–H and O–H groups in total. The maximum Gasteiger partial charge on any atom is 0.132 e. The van der Waals surface area contributed by atoms with E-state index in [0.29, 0.717) is 5.82 Å². The molecule has 0 aliphatic carbocycles. The number of hydrogen-bond donors (Lipinski definition) is 1. The van der Waals surface area contributed by atoms with Crippen LogP contribution in [0.4, 0.5) is 5.82 Å². The van der Waals surface area contributed by atoms with Crippen molar-refractivity contribution in [1.82, 2.24) is 4.98 Å². The Balaban J connectivity index is 0.00000147. The van der Waals surface area contributed by atoms with Gasteiger partial charge in [-0.2, -0.15) is 0 Å². The van der Waals surface area contributed by atoms with Gasteiger partial charge in [-0.15, -0.1) is 12.4 Å². The fourth-order valence-corrected chi connectivity index (χ4v) is 2.41. The number of nitrogens with zero attached hydrogens (tertiary/aromatic N) is 1. The highest BCUT2D eigenvalue weighted by atomic mass is 35.5. The molecule has 1 heterocycles. The molecule has 0 amide bonds. The lowest BCUT2D eigenvalue weighted by molar-refractivity contribution is 1.15. The Morgan fingerprint density at radius 3 is 2.45 bits per heavy atom. The predicted molar refractivity (Wildman–Crippen MR) is 88.2 cm³/mol. The molecular weight excluding hydrogens is 268 g/mol. The van der Waals surface area contributed by atoms with E-state index in [0.717, 1.165) is 28.5 Å². The van der Waals surface area contributed by atoms with Crippen molar-refractivity contribution >= 4 is 29.1 Å². The zero-order chi connectivity index (χ0) is 13.2. The molecule has 3 heteroatoms. The fraction of sp³-hybridized carbons (Fsp3) is 0.118. The van der Waals surface area contributed by atoms with Gasteiger partial charge < -0.3 is 5.73 Å². The first-order valence-corrected chi connectivity index (χ1v) is 6.53. The van der Waals surface area contributed by atoms with Gasteiger partial charge in [-0.3, -0.25) is 0 Å². The number of para-hydroxylation sites is 1. The van der Waals surface area contributed by atoms with Crippen molar-refractivity contribution in [3.8, 4) is 11.1 Å². The number of rotatable bonds is 2. The van der Waals surface area contributed by atoms with Crippen LogP contribution in [0.2, 0.25) is 0 Å². The van der Waals surface area contributed by atoms with Crippen LogP contribution >= 0.6 is 12.4 Å². The minimum atomic E-state index is 0. The second-order valence-electron chi connectivity index (χ2n) is 4.63. The van der Waals surface area contributed by atoms with Crippen LogP contribution in [0.1, 0.15) is 12.5 Å². The van der Waals surface area contributed by atoms with E-state index in [1.165, 1.54) is 5.56 Å². The maximum atomic E-state index is 6.13. The van der Waals surface area contributed by atoms with Gasteiger partial charge in [0.2, 0.25) is 0 Å². The summed E-state index contributed by atoms with van der Waals surface area (Å²) >= 11 is 0. The van der Waals surface area contributed by atoms with Crippen LogP contribution in [0.3, 0.4) is 0 Å². The van der Waals surface area contributed by atoms with Gasteiger partial charge >= 0.3 is 0 Å². The number of aromatic nitrogens is 1. The predicted octanol–water partition coefficient (Wildman–Crippen LogP) is 4.47. The van der Waals surface area contributed by atoms with Crippen LogP contribution in [-0.2, 0) is 6.42 Å². The average Bonchev–Trinajstić information content (AvgIpc) is 2.47. The van der Waals surface area contributed by atoms with Gasteiger partial charge in [0.15, 0.2) is 0 Å². The first-order valence-electron chi connectivity index (χ1n) is 6.53. The Morgan fingerprint density at radius 1 is 1.00 bits per heavy atom. The highest BCUT2D eigenvalue weighted by Gasteiger charge is 2.08. The molecule has 20 heavy (non-hydrogen) atoms. The van der Waals surface area contributed by atoms with Crippen molar-refractivity contribution in [1.29, 1.82) is 0 Å². The lowest BCUT2D eigenvalue weighted by Crippen LogP contribution is -1.97. The van der Waals surface area contributed by atoms with Crippen LogP contribution in [0.25, 0.3) is 22.0 Å². The van der Waals surface area contributed by atoms with E-state index in [2.05, 4.69) is 48.3 Å². The fourth-order valence-electron chi connectivity index (χ4n) is 2.41. The van der Waals surface area contributed by atoms with Gasteiger partial charge in [0.05, 0.1) is 5.52 Å². The topological polar surface area (TPSA) is 38.9 Å². The highest BCUT2D eigenvalue weighted by Crippen LogP contribution is 2.29. The third-order valence-electron chi connectivity index (χ3n) is 3.42. The van der Waals surface area contributed by atoms with Crippen LogP contribution in [-0.4, -0.2) is 4.98 Å². The van der Waals surface area contributed by atoms with Crippen molar-refractivity contribution in [2.75, 3.05) is 5.73 Å². The number of pyridine rings is 1. The van der Waals surface area contributed by atoms with Gasteiger partial charge in [-0.25, -0.2) is 4.98 Å². The quantitative estimate of drug-likeness (QED) is 0.754. The molecule has 0 radical (unpaired) electrons. The summed E-state index contributed by atoms with van der Waals surface area (Å²) in [5.74, 6) is 0.597. The molecule has 0 unspecified atom stereocenters. The summed E-state index contributed by atoms with van der Waals surface area (Å²) in [4.78, 5) is 4.60. The number of halogens is 1. The number of benzene rings is 2. The summed E-state index contributed by atoms with van der Waals surface area (Å²) in [6, 6.07) is 18.6. The molecule has 0 bridgehead atoms. The summed E-state index contributed by atoms with van der Waals surface area (Å²) in [6.07, 6.45) is 0.967. The van der Waals surface area contributed by atoms with Crippen molar-refractivity contribution in [3.63, 3.8) is 0 Å². The van der Waals surface area contributed by atoms with Gasteiger partial charge in [0.25, 0.3) is 0 Å². The normalized spacial score (nSPS) is 10.2. The number of hydrogen-bond acceptors (Lipinski definition) is 2. The van der Waals surface area contributed by atoms with Gasteiger partial charge in [-0.1, -0.05) is 55.5 Å². The molecule has 102 valence electrons. The second kappa shape index (κ2) is 5.93. The Kier molecular flexibility index (Phi) is 4.26. The lowest BCUT2D eigenvalue weighted by atomic mass is 10.0. The Hall–Kier alpha value is -2.06. The standard InChI is InChI=1S/C17H16N2.ClH/c1-2-12-9-6-10-14-11-15(17(18)19-16(12)14)13-7-4-3-5-8-13;/h3-11H,2H2,1H3,(H2,18,19);1H. The van der Waals surface area contributed by atoms with E-state index < -0.39 is 0 Å². The van der Waals surface area contributed by atoms with E-state index >= 15 is 0 Å². The van der Waals surface area contributed by atoms with Crippen LogP contribution in [0.15, 0.2) is 54.6 Å². The SMILES string of the molecule is CCc1cccc2cc(-c3ccccc3)c(N)nc12.Cl. The number of aryl methyl sites for hydroxylation is 1. The average molecular weight is 285 g/mol. The first kappa shape index (κ1) is 14.4. The molecule has 2 nitrogen and oxygen atoms in total. The third kappa shape index (κ3) is 2.47. The van der Waals surface area contributed by atoms with Crippen molar-refractivity contribution in [2.45, 2.75) is 13.3 Å². The molecular formula is C17H17ClN2. The largest absolute Gasteiger partial charge is 0.383 e. The van der Waals surface area contributed by atoms with Crippen LogP contribution < -0.4 is 5.73 Å². The molecule has 0 spiro atoms. The Morgan fingerprint density at radius 2 is 1.75 bits per heavy atom. The first-order chi connectivity index (χ1) is 9.29.